The molecule has 0 aromatic carbocycles. The summed E-state index contributed by atoms with van der Waals surface area (Å²) >= 11 is 1.55. The standard InChI is InChI=1S/C16H24N6OS/c1-10-9-24-15(18-10)16(3,4)19-14(23)13-11(2)22(21-20-13)12-5-7-17-8-6-12/h9,12,17H,5-8H2,1-4H3,(H,19,23). The summed E-state index contributed by atoms with van der Waals surface area (Å²) in [5.41, 5.74) is 1.65. The molecule has 2 N–H and O–H groups in total. The first-order chi connectivity index (χ1) is 11.4. The minimum atomic E-state index is -0.541. The lowest BCUT2D eigenvalue weighted by Gasteiger charge is -2.24. The SMILES string of the molecule is Cc1csc(C(C)(C)NC(=O)c2nnn(C3CCNCC3)c2C)n1. The van der Waals surface area contributed by atoms with Gasteiger partial charge in [-0.15, -0.1) is 16.4 Å². The van der Waals surface area contributed by atoms with Crippen molar-refractivity contribution in [3.63, 3.8) is 0 Å². The van der Waals surface area contributed by atoms with Gasteiger partial charge in [0.1, 0.15) is 5.01 Å². The van der Waals surface area contributed by atoms with Gasteiger partial charge in [-0.1, -0.05) is 5.21 Å². The minimum Gasteiger partial charge on any atom is -0.339 e. The van der Waals surface area contributed by atoms with E-state index in [1.807, 2.05) is 37.8 Å². The van der Waals surface area contributed by atoms with Gasteiger partial charge in [-0.2, -0.15) is 0 Å². The van der Waals surface area contributed by atoms with Gasteiger partial charge in [0.15, 0.2) is 5.69 Å². The molecule has 7 nitrogen and oxygen atoms in total. The largest absolute Gasteiger partial charge is 0.339 e. The summed E-state index contributed by atoms with van der Waals surface area (Å²) < 4.78 is 1.90. The maximum atomic E-state index is 12.7. The van der Waals surface area contributed by atoms with Crippen molar-refractivity contribution in [2.24, 2.45) is 0 Å². The molecule has 1 saturated heterocycles. The van der Waals surface area contributed by atoms with Crippen LogP contribution in [-0.4, -0.2) is 39.0 Å². The number of hydrogen-bond donors (Lipinski definition) is 2. The summed E-state index contributed by atoms with van der Waals surface area (Å²) in [7, 11) is 0. The first kappa shape index (κ1) is 17.0. The second kappa shape index (κ2) is 6.60. The van der Waals surface area contributed by atoms with Crippen molar-refractivity contribution < 1.29 is 4.79 Å². The maximum absolute atomic E-state index is 12.7. The van der Waals surface area contributed by atoms with E-state index in [9.17, 15) is 4.79 Å². The van der Waals surface area contributed by atoms with E-state index < -0.39 is 5.54 Å². The predicted octanol–water partition coefficient (Wildman–Crippen LogP) is 1.94. The number of rotatable bonds is 4. The van der Waals surface area contributed by atoms with E-state index in [1.165, 1.54) is 0 Å². The van der Waals surface area contributed by atoms with Crippen molar-refractivity contribution in [3.8, 4) is 0 Å². The monoisotopic (exact) mass is 348 g/mol. The lowest BCUT2D eigenvalue weighted by Crippen LogP contribution is -2.41. The summed E-state index contributed by atoms with van der Waals surface area (Å²) in [6.45, 7) is 9.72. The number of thiazole rings is 1. The van der Waals surface area contributed by atoms with E-state index in [4.69, 9.17) is 0 Å². The van der Waals surface area contributed by atoms with Crippen molar-refractivity contribution >= 4 is 17.2 Å². The third-order valence-electron chi connectivity index (χ3n) is 4.38. The fraction of sp³-hybridized carbons (Fsp3) is 0.625. The molecule has 0 saturated carbocycles. The van der Waals surface area contributed by atoms with Crippen LogP contribution in [0.3, 0.4) is 0 Å². The zero-order valence-electron chi connectivity index (χ0n) is 14.6. The number of carbonyl (C=O) groups excluding carboxylic acids is 1. The summed E-state index contributed by atoms with van der Waals surface area (Å²) in [6.07, 6.45) is 2.02. The highest BCUT2D eigenvalue weighted by Crippen LogP contribution is 2.25. The molecule has 2 aromatic rings. The average molecular weight is 348 g/mol. The van der Waals surface area contributed by atoms with Crippen molar-refractivity contribution in [2.75, 3.05) is 13.1 Å². The number of hydrogen-bond acceptors (Lipinski definition) is 6. The number of aryl methyl sites for hydroxylation is 1. The number of amides is 1. The maximum Gasteiger partial charge on any atom is 0.274 e. The van der Waals surface area contributed by atoms with Crippen LogP contribution >= 0.6 is 11.3 Å². The van der Waals surface area contributed by atoms with Gasteiger partial charge in [-0.05, 0) is 53.6 Å². The number of nitrogens with one attached hydrogen (secondary N) is 2. The molecule has 0 unspecified atom stereocenters. The second-order valence-corrected chi connectivity index (χ2v) is 7.68. The smallest absolute Gasteiger partial charge is 0.274 e. The average Bonchev–Trinajstić information content (AvgIpc) is 3.14. The Kier molecular flexibility index (Phi) is 4.69. The van der Waals surface area contributed by atoms with Crippen LogP contribution in [0, 0.1) is 13.8 Å². The minimum absolute atomic E-state index is 0.203. The lowest BCUT2D eigenvalue weighted by molar-refractivity contribution is 0.0906. The van der Waals surface area contributed by atoms with E-state index in [0.717, 1.165) is 42.3 Å². The Balaban J connectivity index is 1.76. The molecule has 1 amide bonds. The molecular formula is C16H24N6OS. The highest BCUT2D eigenvalue weighted by atomic mass is 32.1. The van der Waals surface area contributed by atoms with Gasteiger partial charge >= 0.3 is 0 Å². The molecule has 1 aliphatic heterocycles. The van der Waals surface area contributed by atoms with Crippen LogP contribution in [0.2, 0.25) is 0 Å². The summed E-state index contributed by atoms with van der Waals surface area (Å²) in [6, 6.07) is 0.315. The van der Waals surface area contributed by atoms with E-state index in [1.54, 1.807) is 11.3 Å². The van der Waals surface area contributed by atoms with E-state index in [-0.39, 0.29) is 5.91 Å². The zero-order chi connectivity index (χ0) is 17.3. The Bertz CT molecular complexity index is 729. The molecule has 8 heteroatoms. The Morgan fingerprint density at radius 3 is 2.71 bits per heavy atom. The third-order valence-corrected chi connectivity index (χ3v) is 5.66. The van der Waals surface area contributed by atoms with E-state index in [0.29, 0.717) is 11.7 Å². The van der Waals surface area contributed by atoms with Gasteiger partial charge in [0.2, 0.25) is 0 Å². The molecule has 24 heavy (non-hydrogen) atoms. The van der Waals surface area contributed by atoms with Crippen LogP contribution in [-0.2, 0) is 5.54 Å². The van der Waals surface area contributed by atoms with Crippen LogP contribution in [0.4, 0.5) is 0 Å². The predicted molar refractivity (Wildman–Crippen MR) is 93.2 cm³/mol. The Labute approximate surface area is 145 Å². The molecule has 1 aliphatic rings. The van der Waals surface area contributed by atoms with Crippen molar-refractivity contribution in [1.82, 2.24) is 30.6 Å². The van der Waals surface area contributed by atoms with Gasteiger partial charge in [-0.25, -0.2) is 9.67 Å². The lowest BCUT2D eigenvalue weighted by atomic mass is 10.1. The van der Waals surface area contributed by atoms with Gasteiger partial charge in [0, 0.05) is 11.1 Å². The summed E-state index contributed by atoms with van der Waals surface area (Å²) in [4.78, 5) is 17.2. The summed E-state index contributed by atoms with van der Waals surface area (Å²) in [5.74, 6) is -0.203. The number of carbonyl (C=O) groups is 1. The quantitative estimate of drug-likeness (QED) is 0.882. The molecule has 130 valence electrons. The molecule has 2 aromatic heterocycles. The number of piperidine rings is 1. The van der Waals surface area contributed by atoms with Crippen LogP contribution in [0.25, 0.3) is 0 Å². The fourth-order valence-corrected chi connectivity index (χ4v) is 3.86. The molecule has 0 aliphatic carbocycles. The molecule has 0 atom stereocenters. The Morgan fingerprint density at radius 1 is 1.38 bits per heavy atom. The zero-order valence-corrected chi connectivity index (χ0v) is 15.4. The van der Waals surface area contributed by atoms with Crippen LogP contribution in [0.1, 0.15) is 59.6 Å². The van der Waals surface area contributed by atoms with E-state index in [2.05, 4.69) is 25.9 Å². The highest BCUT2D eigenvalue weighted by Gasteiger charge is 2.29. The fourth-order valence-electron chi connectivity index (χ4n) is 2.99. The van der Waals surface area contributed by atoms with Gasteiger partial charge in [0.05, 0.1) is 17.3 Å². The number of aromatic nitrogens is 4. The van der Waals surface area contributed by atoms with Crippen LogP contribution in [0.15, 0.2) is 5.38 Å². The van der Waals surface area contributed by atoms with Gasteiger partial charge in [-0.3, -0.25) is 4.79 Å². The molecule has 0 bridgehead atoms. The van der Waals surface area contributed by atoms with E-state index >= 15 is 0 Å². The first-order valence-electron chi connectivity index (χ1n) is 8.26. The molecular weight excluding hydrogens is 324 g/mol. The highest BCUT2D eigenvalue weighted by molar-refractivity contribution is 7.09. The summed E-state index contributed by atoms with van der Waals surface area (Å²) in [5, 5.41) is 17.6. The third kappa shape index (κ3) is 3.34. The normalized spacial score (nSPS) is 16.3. The Hall–Kier alpha value is -1.80. The van der Waals surface area contributed by atoms with Crippen LogP contribution in [0.5, 0.6) is 0 Å². The van der Waals surface area contributed by atoms with Gasteiger partial charge in [0.25, 0.3) is 5.91 Å². The topological polar surface area (TPSA) is 84.7 Å². The number of nitrogens with zero attached hydrogens (tertiary/aromatic N) is 4. The first-order valence-corrected chi connectivity index (χ1v) is 9.14. The van der Waals surface area contributed by atoms with Crippen molar-refractivity contribution in [2.45, 2.75) is 52.1 Å². The Morgan fingerprint density at radius 2 is 2.08 bits per heavy atom. The molecule has 1 fully saturated rings. The molecule has 3 rings (SSSR count). The second-order valence-electron chi connectivity index (χ2n) is 6.82. The molecule has 0 radical (unpaired) electrons. The van der Waals surface area contributed by atoms with Crippen molar-refractivity contribution in [1.29, 1.82) is 0 Å². The van der Waals surface area contributed by atoms with Crippen molar-refractivity contribution in [3.05, 3.63) is 27.5 Å². The van der Waals surface area contributed by atoms with Gasteiger partial charge < -0.3 is 10.6 Å². The molecule has 3 heterocycles. The molecule has 0 spiro atoms. The van der Waals surface area contributed by atoms with Crippen LogP contribution < -0.4 is 10.6 Å².